The van der Waals surface area contributed by atoms with Gasteiger partial charge in [0.2, 0.25) is 5.91 Å². The van der Waals surface area contributed by atoms with Crippen LogP contribution in [0.1, 0.15) is 18.4 Å². The van der Waals surface area contributed by atoms with Crippen LogP contribution in [0.3, 0.4) is 0 Å². The maximum absolute atomic E-state index is 11.8. The van der Waals surface area contributed by atoms with Gasteiger partial charge in [0.05, 0.1) is 6.42 Å². The minimum atomic E-state index is 0.0228. The molecule has 1 aliphatic carbocycles. The predicted octanol–water partition coefficient (Wildman–Crippen LogP) is 1.74. The van der Waals surface area contributed by atoms with E-state index in [1.165, 1.54) is 12.8 Å². The zero-order valence-electron chi connectivity index (χ0n) is 9.66. The van der Waals surface area contributed by atoms with Crippen LogP contribution in [0.4, 0.5) is 0 Å². The van der Waals surface area contributed by atoms with E-state index in [4.69, 9.17) is 17.3 Å². The van der Waals surface area contributed by atoms with Crippen LogP contribution in [-0.4, -0.2) is 18.5 Å². The molecule has 0 bridgehead atoms. The van der Waals surface area contributed by atoms with E-state index in [0.29, 0.717) is 23.9 Å². The molecule has 4 heteroatoms. The van der Waals surface area contributed by atoms with Crippen molar-refractivity contribution in [2.24, 2.45) is 11.7 Å². The van der Waals surface area contributed by atoms with Crippen molar-refractivity contribution < 1.29 is 4.79 Å². The molecular weight excluding hydrogens is 236 g/mol. The molecule has 17 heavy (non-hydrogen) atoms. The summed E-state index contributed by atoms with van der Waals surface area (Å²) in [7, 11) is 0. The van der Waals surface area contributed by atoms with Crippen molar-refractivity contribution >= 4 is 17.5 Å². The highest BCUT2D eigenvalue weighted by molar-refractivity contribution is 6.30. The lowest BCUT2D eigenvalue weighted by atomic mass is 10.1. The second-order valence-corrected chi connectivity index (χ2v) is 4.99. The first-order chi connectivity index (χ1) is 8.19. The summed E-state index contributed by atoms with van der Waals surface area (Å²) in [6, 6.07) is 7.51. The van der Waals surface area contributed by atoms with Gasteiger partial charge in [-0.15, -0.1) is 0 Å². The quantitative estimate of drug-likeness (QED) is 0.839. The molecule has 1 aliphatic rings. The van der Waals surface area contributed by atoms with E-state index in [-0.39, 0.29) is 11.9 Å². The monoisotopic (exact) mass is 252 g/mol. The van der Waals surface area contributed by atoms with Gasteiger partial charge in [0.25, 0.3) is 0 Å². The minimum absolute atomic E-state index is 0.0228. The number of rotatable bonds is 5. The highest BCUT2D eigenvalue weighted by Gasteiger charge is 2.31. The Labute approximate surface area is 106 Å². The normalized spacial score (nSPS) is 16.6. The Morgan fingerprint density at radius 2 is 2.29 bits per heavy atom. The van der Waals surface area contributed by atoms with Crippen LogP contribution < -0.4 is 11.1 Å². The number of hydrogen-bond donors (Lipinski definition) is 2. The molecule has 0 radical (unpaired) electrons. The molecule has 1 saturated carbocycles. The largest absolute Gasteiger partial charge is 0.352 e. The molecule has 0 aliphatic heterocycles. The smallest absolute Gasteiger partial charge is 0.224 e. The van der Waals surface area contributed by atoms with E-state index in [1.54, 1.807) is 6.07 Å². The van der Waals surface area contributed by atoms with Crippen LogP contribution in [0, 0.1) is 5.92 Å². The van der Waals surface area contributed by atoms with Crippen molar-refractivity contribution in [1.29, 1.82) is 0 Å². The Morgan fingerprint density at radius 1 is 1.53 bits per heavy atom. The lowest BCUT2D eigenvalue weighted by Crippen LogP contribution is -2.42. The molecular formula is C13H17ClN2O. The standard InChI is InChI=1S/C13H17ClN2O/c14-11-3-1-2-9(6-11)7-13(17)16-12(8-15)10-4-5-10/h1-3,6,10,12H,4-5,7-8,15H2,(H,16,17). The van der Waals surface area contributed by atoms with Gasteiger partial charge in [-0.1, -0.05) is 23.7 Å². The number of hydrogen-bond acceptors (Lipinski definition) is 2. The first kappa shape index (κ1) is 12.4. The van der Waals surface area contributed by atoms with Crippen LogP contribution in [0.15, 0.2) is 24.3 Å². The van der Waals surface area contributed by atoms with Crippen LogP contribution in [0.2, 0.25) is 5.02 Å². The van der Waals surface area contributed by atoms with Crippen molar-refractivity contribution in [3.8, 4) is 0 Å². The van der Waals surface area contributed by atoms with Gasteiger partial charge in [0.15, 0.2) is 0 Å². The van der Waals surface area contributed by atoms with E-state index in [1.807, 2.05) is 18.2 Å². The molecule has 3 N–H and O–H groups in total. The van der Waals surface area contributed by atoms with Gasteiger partial charge < -0.3 is 11.1 Å². The first-order valence-corrected chi connectivity index (χ1v) is 6.30. The Kier molecular flexibility index (Phi) is 4.02. The predicted molar refractivity (Wildman–Crippen MR) is 68.9 cm³/mol. The average Bonchev–Trinajstić information content (AvgIpc) is 3.09. The topological polar surface area (TPSA) is 55.1 Å². The molecule has 1 amide bonds. The summed E-state index contributed by atoms with van der Waals surface area (Å²) < 4.78 is 0. The molecule has 0 aromatic heterocycles. The lowest BCUT2D eigenvalue weighted by molar-refractivity contribution is -0.121. The van der Waals surface area contributed by atoms with Crippen LogP contribution in [0.5, 0.6) is 0 Å². The summed E-state index contributed by atoms with van der Waals surface area (Å²) in [5, 5.41) is 3.65. The van der Waals surface area contributed by atoms with Crippen molar-refractivity contribution in [2.45, 2.75) is 25.3 Å². The zero-order chi connectivity index (χ0) is 12.3. The van der Waals surface area contributed by atoms with Crippen molar-refractivity contribution in [3.63, 3.8) is 0 Å². The van der Waals surface area contributed by atoms with E-state index in [0.717, 1.165) is 5.56 Å². The van der Waals surface area contributed by atoms with E-state index in [9.17, 15) is 4.79 Å². The third-order valence-electron chi connectivity index (χ3n) is 3.05. The Morgan fingerprint density at radius 3 is 2.88 bits per heavy atom. The molecule has 0 saturated heterocycles. The van der Waals surface area contributed by atoms with Gasteiger partial charge in [0.1, 0.15) is 0 Å². The van der Waals surface area contributed by atoms with Crippen LogP contribution in [0.25, 0.3) is 0 Å². The highest BCUT2D eigenvalue weighted by Crippen LogP contribution is 2.32. The maximum atomic E-state index is 11.8. The van der Waals surface area contributed by atoms with Gasteiger partial charge in [-0.2, -0.15) is 0 Å². The fourth-order valence-electron chi connectivity index (χ4n) is 1.96. The number of nitrogens with one attached hydrogen (secondary N) is 1. The van der Waals surface area contributed by atoms with E-state index < -0.39 is 0 Å². The molecule has 0 spiro atoms. The van der Waals surface area contributed by atoms with Crippen LogP contribution >= 0.6 is 11.6 Å². The van der Waals surface area contributed by atoms with Crippen molar-refractivity contribution in [1.82, 2.24) is 5.32 Å². The van der Waals surface area contributed by atoms with Gasteiger partial charge in [0, 0.05) is 17.6 Å². The molecule has 3 nitrogen and oxygen atoms in total. The summed E-state index contributed by atoms with van der Waals surface area (Å²) in [6.45, 7) is 0.520. The van der Waals surface area contributed by atoms with Crippen molar-refractivity contribution in [2.75, 3.05) is 6.54 Å². The first-order valence-electron chi connectivity index (χ1n) is 5.93. The molecule has 92 valence electrons. The third-order valence-corrected chi connectivity index (χ3v) is 3.28. The minimum Gasteiger partial charge on any atom is -0.352 e. The van der Waals surface area contributed by atoms with E-state index in [2.05, 4.69) is 5.32 Å². The van der Waals surface area contributed by atoms with Gasteiger partial charge in [-0.05, 0) is 36.5 Å². The Bertz CT molecular complexity index is 404. The highest BCUT2D eigenvalue weighted by atomic mass is 35.5. The van der Waals surface area contributed by atoms with Gasteiger partial charge >= 0.3 is 0 Å². The summed E-state index contributed by atoms with van der Waals surface area (Å²) in [5.41, 5.74) is 6.58. The Balaban J connectivity index is 1.88. The number of halogens is 1. The molecule has 1 aromatic carbocycles. The summed E-state index contributed by atoms with van der Waals surface area (Å²) in [6.07, 6.45) is 2.72. The second kappa shape index (κ2) is 5.52. The average molecular weight is 253 g/mol. The summed E-state index contributed by atoms with van der Waals surface area (Å²) >= 11 is 5.87. The molecule has 1 aromatic rings. The number of carbonyl (C=O) groups is 1. The second-order valence-electron chi connectivity index (χ2n) is 4.55. The number of carbonyl (C=O) groups excluding carboxylic acids is 1. The van der Waals surface area contributed by atoms with Gasteiger partial charge in [-0.25, -0.2) is 0 Å². The fourth-order valence-corrected chi connectivity index (χ4v) is 2.17. The molecule has 1 atom stereocenters. The van der Waals surface area contributed by atoms with Crippen molar-refractivity contribution in [3.05, 3.63) is 34.9 Å². The molecule has 2 rings (SSSR count). The molecule has 0 heterocycles. The molecule has 1 unspecified atom stereocenters. The van der Waals surface area contributed by atoms with E-state index >= 15 is 0 Å². The summed E-state index contributed by atoms with van der Waals surface area (Å²) in [4.78, 5) is 11.8. The number of benzene rings is 1. The third kappa shape index (κ3) is 3.72. The number of nitrogens with two attached hydrogens (primary N) is 1. The zero-order valence-corrected chi connectivity index (χ0v) is 10.4. The molecule has 1 fully saturated rings. The van der Waals surface area contributed by atoms with Gasteiger partial charge in [-0.3, -0.25) is 4.79 Å². The number of amides is 1. The summed E-state index contributed by atoms with van der Waals surface area (Å²) in [5.74, 6) is 0.609. The lowest BCUT2D eigenvalue weighted by Gasteiger charge is -2.15. The maximum Gasteiger partial charge on any atom is 0.224 e. The fraction of sp³-hybridized carbons (Fsp3) is 0.462. The SMILES string of the molecule is NCC(NC(=O)Cc1cccc(Cl)c1)C1CC1. The van der Waals surface area contributed by atoms with Crippen LogP contribution in [-0.2, 0) is 11.2 Å². The Hall–Kier alpha value is -1.06.